The van der Waals surface area contributed by atoms with E-state index in [1.54, 1.807) is 0 Å². The van der Waals surface area contributed by atoms with E-state index in [4.69, 9.17) is 14.2 Å². The van der Waals surface area contributed by atoms with Crippen LogP contribution in [0.25, 0.3) is 0 Å². The van der Waals surface area contributed by atoms with Crippen molar-refractivity contribution in [2.75, 3.05) is 6.61 Å². The zero-order valence-electron chi connectivity index (χ0n) is 13.9. The summed E-state index contributed by atoms with van der Waals surface area (Å²) in [5.41, 5.74) is -4.11. The van der Waals surface area contributed by atoms with E-state index in [0.717, 1.165) is 12.3 Å². The van der Waals surface area contributed by atoms with Gasteiger partial charge in [0, 0.05) is 0 Å². The van der Waals surface area contributed by atoms with Gasteiger partial charge >= 0.3 is 0 Å². The Bertz CT molecular complexity index is 552. The molecule has 26 heavy (non-hydrogen) atoms. The molecule has 0 spiro atoms. The summed E-state index contributed by atoms with van der Waals surface area (Å²) in [5.74, 6) is -1.38. The van der Waals surface area contributed by atoms with E-state index in [1.807, 2.05) is 0 Å². The van der Waals surface area contributed by atoms with E-state index in [2.05, 4.69) is 0 Å². The fourth-order valence-corrected chi connectivity index (χ4v) is 3.83. The summed E-state index contributed by atoms with van der Waals surface area (Å²) in [7, 11) is 0. The Balaban J connectivity index is 1.85. The molecule has 2 aliphatic heterocycles. The van der Waals surface area contributed by atoms with Crippen LogP contribution >= 0.6 is 0 Å². The highest BCUT2D eigenvalue weighted by Crippen LogP contribution is 2.49. The third-order valence-electron chi connectivity index (χ3n) is 5.44. The molecule has 0 bridgehead atoms. The van der Waals surface area contributed by atoms with Crippen molar-refractivity contribution in [1.82, 2.24) is 0 Å². The van der Waals surface area contributed by atoms with Gasteiger partial charge in [0.05, 0.1) is 18.8 Å². The quantitative estimate of drug-likeness (QED) is 0.235. The molecule has 11 heteroatoms. The third-order valence-corrected chi connectivity index (χ3v) is 5.44. The first-order chi connectivity index (χ1) is 12.1. The average Bonchev–Trinajstić information content (AvgIpc) is 2.73. The molecule has 3 aliphatic rings. The number of aliphatic hydroxyl groups excluding tert-OH is 6. The van der Waals surface area contributed by atoms with Crippen molar-refractivity contribution >= 4 is 0 Å². The molecule has 0 radical (unpaired) electrons. The van der Waals surface area contributed by atoms with Crippen molar-refractivity contribution in [3.05, 3.63) is 12.3 Å². The van der Waals surface area contributed by atoms with Crippen LogP contribution in [-0.2, 0) is 14.2 Å². The number of fused-ring (bicyclic) bond motifs is 1. The number of aliphatic hydroxyl groups is 8. The van der Waals surface area contributed by atoms with Crippen LogP contribution in [-0.4, -0.2) is 108 Å². The highest BCUT2D eigenvalue weighted by Gasteiger charge is 2.69. The van der Waals surface area contributed by atoms with Gasteiger partial charge in [-0.3, -0.25) is 0 Å². The van der Waals surface area contributed by atoms with Gasteiger partial charge in [-0.25, -0.2) is 0 Å². The molecule has 0 aromatic heterocycles. The molecule has 3 rings (SSSR count). The highest BCUT2D eigenvalue weighted by molar-refractivity contribution is 5.24. The van der Waals surface area contributed by atoms with E-state index in [1.165, 1.54) is 6.92 Å². The van der Waals surface area contributed by atoms with Crippen molar-refractivity contribution < 1.29 is 55.1 Å². The predicted octanol–water partition coefficient (Wildman–Crippen LogP) is -4.49. The predicted molar refractivity (Wildman–Crippen MR) is 79.9 cm³/mol. The molecule has 1 aliphatic carbocycles. The van der Waals surface area contributed by atoms with Crippen LogP contribution in [0, 0.1) is 5.92 Å². The lowest BCUT2D eigenvalue weighted by Gasteiger charge is -2.45. The first kappa shape index (κ1) is 19.9. The van der Waals surface area contributed by atoms with Crippen LogP contribution < -0.4 is 0 Å². The number of hydrogen-bond donors (Lipinski definition) is 8. The Morgan fingerprint density at radius 3 is 2.23 bits per heavy atom. The normalized spacial score (nSPS) is 56.9. The van der Waals surface area contributed by atoms with Gasteiger partial charge in [0.2, 0.25) is 6.29 Å². The molecule has 11 atom stereocenters. The molecule has 150 valence electrons. The molecule has 2 heterocycles. The Labute approximate surface area is 148 Å². The Kier molecular flexibility index (Phi) is 5.08. The summed E-state index contributed by atoms with van der Waals surface area (Å²) in [4.78, 5) is 0. The van der Waals surface area contributed by atoms with Gasteiger partial charge in [-0.2, -0.15) is 0 Å². The lowest BCUT2D eigenvalue weighted by Crippen LogP contribution is -2.62. The summed E-state index contributed by atoms with van der Waals surface area (Å²) >= 11 is 0. The van der Waals surface area contributed by atoms with Crippen molar-refractivity contribution in [2.24, 2.45) is 5.92 Å². The molecule has 1 saturated heterocycles. The molecule has 0 amide bonds. The van der Waals surface area contributed by atoms with Gasteiger partial charge in [-0.15, -0.1) is 0 Å². The molecular weight excluding hydrogens is 356 g/mol. The summed E-state index contributed by atoms with van der Waals surface area (Å²) in [5, 5.41) is 80.3. The highest BCUT2D eigenvalue weighted by atomic mass is 16.8. The second-order valence-electron chi connectivity index (χ2n) is 7.12. The SMILES string of the molecule is C[C@]1(O)[C@H](O)[C@@H](O)[C@]2(O)C=CO[C@@H](O[C@@H]3O[C@H](CO)[C@@H](O)[C@H](O)[C@H]3O)[C@H]12. The van der Waals surface area contributed by atoms with Crippen LogP contribution in [0.2, 0.25) is 0 Å². The van der Waals surface area contributed by atoms with Crippen molar-refractivity contribution in [2.45, 2.75) is 67.3 Å². The largest absolute Gasteiger partial charge is 0.472 e. The number of hydrogen-bond acceptors (Lipinski definition) is 11. The minimum atomic E-state index is -2.08. The van der Waals surface area contributed by atoms with Gasteiger partial charge in [0.15, 0.2) is 6.29 Å². The maximum Gasteiger partial charge on any atom is 0.210 e. The smallest absolute Gasteiger partial charge is 0.210 e. The monoisotopic (exact) mass is 380 g/mol. The molecule has 11 nitrogen and oxygen atoms in total. The van der Waals surface area contributed by atoms with Gasteiger partial charge in [0.25, 0.3) is 0 Å². The number of ether oxygens (including phenoxy) is 3. The van der Waals surface area contributed by atoms with Crippen LogP contribution in [0.1, 0.15) is 6.92 Å². The first-order valence-corrected chi connectivity index (χ1v) is 8.15. The Morgan fingerprint density at radius 1 is 0.962 bits per heavy atom. The van der Waals surface area contributed by atoms with Crippen molar-refractivity contribution in [1.29, 1.82) is 0 Å². The van der Waals surface area contributed by atoms with Crippen LogP contribution in [0.3, 0.4) is 0 Å². The van der Waals surface area contributed by atoms with E-state index in [9.17, 15) is 40.9 Å². The fourth-order valence-electron chi connectivity index (χ4n) is 3.83. The second kappa shape index (κ2) is 6.63. The van der Waals surface area contributed by atoms with Gasteiger partial charge in [0.1, 0.15) is 47.8 Å². The lowest BCUT2D eigenvalue weighted by atomic mass is 9.81. The minimum Gasteiger partial charge on any atom is -0.472 e. The summed E-state index contributed by atoms with van der Waals surface area (Å²) in [6.07, 6.45) is -10.7. The van der Waals surface area contributed by atoms with Crippen LogP contribution in [0.5, 0.6) is 0 Å². The molecule has 1 saturated carbocycles. The molecule has 8 N–H and O–H groups in total. The molecule has 0 aromatic rings. The molecule has 2 fully saturated rings. The van der Waals surface area contributed by atoms with Crippen LogP contribution in [0.15, 0.2) is 12.3 Å². The average molecular weight is 380 g/mol. The minimum absolute atomic E-state index is 0.668. The summed E-state index contributed by atoms with van der Waals surface area (Å²) < 4.78 is 15.9. The van der Waals surface area contributed by atoms with E-state index in [-0.39, 0.29) is 0 Å². The van der Waals surface area contributed by atoms with Crippen LogP contribution in [0.4, 0.5) is 0 Å². The van der Waals surface area contributed by atoms with E-state index >= 15 is 0 Å². The van der Waals surface area contributed by atoms with E-state index < -0.39 is 72.9 Å². The number of rotatable bonds is 3. The van der Waals surface area contributed by atoms with Gasteiger partial charge in [-0.05, 0) is 13.0 Å². The standard InChI is InChI=1S/C15H24O11/c1-14(22)9-13(24-3-2-15(9,23)11(21)10(14)20)26-12-8(19)7(18)6(17)5(4-16)25-12/h2-3,5-13,16-23H,4H2,1H3/t5-,6-,7+,8-,9-,10-,11-,12+,13+,14-,15+/m1/s1. The topological polar surface area (TPSA) is 190 Å². The van der Waals surface area contributed by atoms with E-state index in [0.29, 0.717) is 0 Å². The summed E-state index contributed by atoms with van der Waals surface area (Å²) in [6.45, 7) is 0.508. The fraction of sp³-hybridized carbons (Fsp3) is 0.867. The third kappa shape index (κ3) is 2.76. The van der Waals surface area contributed by atoms with Gasteiger partial charge < -0.3 is 55.1 Å². The van der Waals surface area contributed by atoms with Gasteiger partial charge in [-0.1, -0.05) is 0 Å². The molecule has 0 aromatic carbocycles. The summed E-state index contributed by atoms with van der Waals surface area (Å²) in [6, 6.07) is 0. The first-order valence-electron chi connectivity index (χ1n) is 8.15. The molecular formula is C15H24O11. The Hall–Kier alpha value is -0.860. The second-order valence-corrected chi connectivity index (χ2v) is 7.12. The van der Waals surface area contributed by atoms with Crippen molar-refractivity contribution in [3.8, 4) is 0 Å². The Morgan fingerprint density at radius 2 is 1.62 bits per heavy atom. The zero-order chi connectivity index (χ0) is 19.4. The maximum atomic E-state index is 10.7. The molecule has 0 unspecified atom stereocenters. The zero-order valence-corrected chi connectivity index (χ0v) is 13.9. The van der Waals surface area contributed by atoms with Crippen molar-refractivity contribution in [3.63, 3.8) is 0 Å². The maximum absolute atomic E-state index is 10.7. The lowest BCUT2D eigenvalue weighted by molar-refractivity contribution is -0.352.